The Labute approximate surface area is 427 Å². The van der Waals surface area contributed by atoms with Crippen LogP contribution in [0.15, 0.2) is 72.9 Å². The van der Waals surface area contributed by atoms with Crippen molar-refractivity contribution in [1.29, 1.82) is 0 Å². The lowest BCUT2D eigenvalue weighted by Crippen LogP contribution is -2.46. The molecule has 0 aromatic rings. The molecule has 69 heavy (non-hydrogen) atoms. The Kier molecular flexibility index (Phi) is 49.3. The van der Waals surface area contributed by atoms with Crippen molar-refractivity contribution in [3.05, 3.63) is 72.9 Å². The molecule has 0 aliphatic rings. The first-order chi connectivity index (χ1) is 33.5. The molecule has 0 heterocycles. The lowest BCUT2D eigenvalue weighted by Gasteiger charge is -2.30. The minimum atomic E-state index is -4.56. The molecule has 0 aromatic carbocycles. The predicted molar refractivity (Wildman–Crippen MR) is 297 cm³/mol. The van der Waals surface area contributed by atoms with E-state index in [9.17, 15) is 19.4 Å². The van der Waals surface area contributed by atoms with Gasteiger partial charge in [0.05, 0.1) is 39.9 Å². The number of nitrogens with zero attached hydrogens (tertiary/aromatic N) is 1. The van der Waals surface area contributed by atoms with Crippen molar-refractivity contribution in [2.75, 3.05) is 40.9 Å². The van der Waals surface area contributed by atoms with Gasteiger partial charge in [-0.2, -0.15) is 0 Å². The predicted octanol–water partition coefficient (Wildman–Crippen LogP) is 16.9. The van der Waals surface area contributed by atoms with Crippen LogP contribution in [-0.4, -0.2) is 68.5 Å². The number of nitrogens with one attached hydrogen (secondary N) is 1. The second-order valence-electron chi connectivity index (χ2n) is 20.6. The minimum absolute atomic E-state index is 0.0116. The Bertz CT molecular complexity index is 1350. The van der Waals surface area contributed by atoms with Crippen molar-refractivity contribution in [3.8, 4) is 0 Å². The molecule has 0 radical (unpaired) electrons. The number of likely N-dealkylation sites (N-methyl/N-ethyl adjacent to an activating group) is 1. The normalized spacial score (nSPS) is 14.5. The number of aliphatic hydroxyl groups excluding tert-OH is 1. The van der Waals surface area contributed by atoms with Crippen LogP contribution in [0.2, 0.25) is 0 Å². The van der Waals surface area contributed by atoms with Gasteiger partial charge in [0, 0.05) is 6.42 Å². The smallest absolute Gasteiger partial charge is 0.268 e. The second-order valence-corrected chi connectivity index (χ2v) is 22.0. The van der Waals surface area contributed by atoms with Crippen LogP contribution in [-0.2, 0) is 18.4 Å². The van der Waals surface area contributed by atoms with E-state index in [2.05, 4.69) is 92.1 Å². The van der Waals surface area contributed by atoms with Crippen LogP contribution in [0.1, 0.15) is 251 Å². The molecule has 0 fully saturated rings. The van der Waals surface area contributed by atoms with Gasteiger partial charge in [0.15, 0.2) is 0 Å². The fourth-order valence-corrected chi connectivity index (χ4v) is 8.94. The van der Waals surface area contributed by atoms with Crippen LogP contribution >= 0.6 is 7.82 Å². The van der Waals surface area contributed by atoms with Crippen LogP contribution in [0.3, 0.4) is 0 Å². The number of allylic oxidation sites excluding steroid dienone is 12. The third kappa shape index (κ3) is 53.6. The van der Waals surface area contributed by atoms with E-state index in [-0.39, 0.29) is 19.1 Å². The van der Waals surface area contributed by atoms with Gasteiger partial charge in [0.25, 0.3) is 7.82 Å². The number of rotatable bonds is 52. The molecule has 0 saturated heterocycles. The quantitative estimate of drug-likeness (QED) is 0.0272. The molecule has 8 nitrogen and oxygen atoms in total. The van der Waals surface area contributed by atoms with Crippen LogP contribution in [0, 0.1) is 0 Å². The minimum Gasteiger partial charge on any atom is -0.756 e. The molecule has 9 heteroatoms. The topological polar surface area (TPSA) is 108 Å². The van der Waals surface area contributed by atoms with Gasteiger partial charge >= 0.3 is 0 Å². The van der Waals surface area contributed by atoms with Crippen molar-refractivity contribution in [1.82, 2.24) is 5.32 Å². The number of hydrogen-bond donors (Lipinski definition) is 2. The molecule has 0 aliphatic heterocycles. The molecule has 3 atom stereocenters. The monoisotopic (exact) mass is 987 g/mol. The summed E-state index contributed by atoms with van der Waals surface area (Å²) in [5.74, 6) is -0.167. The van der Waals surface area contributed by atoms with E-state index >= 15 is 0 Å². The number of quaternary nitrogens is 1. The standard InChI is InChI=1S/C60H111N2O6P/c1-6-8-10-12-14-16-17-18-19-20-21-22-23-24-25-26-27-28-29-30-31-32-33-34-35-36-37-38-39-40-41-42-43-44-45-46-48-50-52-54-60(64)61-58(57-68-69(65,66)67-56-55-62(3,4)5)59(63)53-51-49-47-15-13-11-9-7-2/h8,10,14,16,18-19,21-22,24-25,27-28,58-59,63H,6-7,9,11-13,15,17,20,23,26,29-57H2,1-5H3,(H-,61,64,65,66)/b10-8-,16-14-,19-18-,22-21-,25-24-,28-27-. The number of carbonyl (C=O) groups excluding carboxylic acids is 1. The van der Waals surface area contributed by atoms with E-state index in [1.807, 2.05) is 21.1 Å². The molecule has 402 valence electrons. The molecule has 0 aliphatic carbocycles. The highest BCUT2D eigenvalue weighted by Crippen LogP contribution is 2.38. The zero-order valence-electron chi connectivity index (χ0n) is 45.8. The van der Waals surface area contributed by atoms with Crippen molar-refractivity contribution in [2.24, 2.45) is 0 Å². The summed E-state index contributed by atoms with van der Waals surface area (Å²) >= 11 is 0. The summed E-state index contributed by atoms with van der Waals surface area (Å²) < 4.78 is 23.3. The zero-order valence-corrected chi connectivity index (χ0v) is 46.6. The van der Waals surface area contributed by atoms with Gasteiger partial charge in [0.2, 0.25) is 5.91 Å². The van der Waals surface area contributed by atoms with Gasteiger partial charge in [-0.3, -0.25) is 9.36 Å². The fourth-order valence-electron chi connectivity index (χ4n) is 8.22. The number of amides is 1. The van der Waals surface area contributed by atoms with Crippen LogP contribution < -0.4 is 10.2 Å². The highest BCUT2D eigenvalue weighted by atomic mass is 31.2. The summed E-state index contributed by atoms with van der Waals surface area (Å²) in [5.41, 5.74) is 0. The molecule has 0 spiro atoms. The van der Waals surface area contributed by atoms with E-state index in [0.29, 0.717) is 23.9 Å². The number of aliphatic hydroxyl groups is 1. The first-order valence-electron chi connectivity index (χ1n) is 28.8. The Morgan fingerprint density at radius 1 is 0.522 bits per heavy atom. The molecule has 0 rings (SSSR count). The van der Waals surface area contributed by atoms with Gasteiger partial charge < -0.3 is 28.8 Å². The summed E-state index contributed by atoms with van der Waals surface area (Å²) in [6.07, 6.45) is 69.8. The first kappa shape index (κ1) is 66.9. The number of phosphoric acid groups is 1. The SMILES string of the molecule is CC/C=C\C/C=C\C/C=C\C/C=C\C/C=C\C/C=C\CCCCCCCCCCCCCCCCCCCCCCC(=O)NC(COP(=O)([O-])OCC[N+](C)(C)C)C(O)CCCCCCCCCC. The number of carbonyl (C=O) groups is 1. The van der Waals surface area contributed by atoms with Gasteiger partial charge in [-0.05, 0) is 64.2 Å². The van der Waals surface area contributed by atoms with Crippen LogP contribution in [0.5, 0.6) is 0 Å². The average Bonchev–Trinajstić information content (AvgIpc) is 3.31. The number of unbranched alkanes of at least 4 members (excludes halogenated alkanes) is 27. The summed E-state index contributed by atoms with van der Waals surface area (Å²) in [4.78, 5) is 25.3. The summed E-state index contributed by atoms with van der Waals surface area (Å²) in [6, 6.07) is -0.798. The second kappa shape index (κ2) is 50.9. The highest BCUT2D eigenvalue weighted by Gasteiger charge is 2.24. The third-order valence-corrected chi connectivity index (χ3v) is 13.7. The van der Waals surface area contributed by atoms with E-state index in [0.717, 1.165) is 77.0 Å². The van der Waals surface area contributed by atoms with Crippen LogP contribution in [0.4, 0.5) is 0 Å². The highest BCUT2D eigenvalue weighted by molar-refractivity contribution is 7.45. The van der Waals surface area contributed by atoms with Crippen LogP contribution in [0.25, 0.3) is 0 Å². The Morgan fingerprint density at radius 2 is 0.884 bits per heavy atom. The maximum absolute atomic E-state index is 12.9. The lowest BCUT2D eigenvalue weighted by atomic mass is 10.0. The zero-order chi connectivity index (χ0) is 50.6. The van der Waals surface area contributed by atoms with E-state index < -0.39 is 20.0 Å². The van der Waals surface area contributed by atoms with Gasteiger partial charge in [-0.15, -0.1) is 0 Å². The van der Waals surface area contributed by atoms with Crippen molar-refractivity contribution in [3.63, 3.8) is 0 Å². The Morgan fingerprint density at radius 3 is 1.29 bits per heavy atom. The largest absolute Gasteiger partial charge is 0.756 e. The van der Waals surface area contributed by atoms with Gasteiger partial charge in [0.1, 0.15) is 13.2 Å². The van der Waals surface area contributed by atoms with Crippen molar-refractivity contribution in [2.45, 2.75) is 264 Å². The number of hydrogen-bond acceptors (Lipinski definition) is 6. The Hall–Kier alpha value is -2.06. The molecule has 1 amide bonds. The summed E-state index contributed by atoms with van der Waals surface area (Å²) in [5, 5.41) is 13.9. The Balaban J connectivity index is 3.82. The first-order valence-corrected chi connectivity index (χ1v) is 30.2. The maximum Gasteiger partial charge on any atom is 0.268 e. The number of phosphoric ester groups is 1. The maximum atomic E-state index is 12.9. The van der Waals surface area contributed by atoms with Crippen molar-refractivity contribution >= 4 is 13.7 Å². The molecule has 0 saturated carbocycles. The molecular weight excluding hydrogens is 876 g/mol. The summed E-state index contributed by atoms with van der Waals surface area (Å²) in [6.45, 7) is 4.57. The van der Waals surface area contributed by atoms with Gasteiger partial charge in [-0.25, -0.2) is 0 Å². The lowest BCUT2D eigenvalue weighted by molar-refractivity contribution is -0.870. The fraction of sp³-hybridized carbons (Fsp3) is 0.783. The third-order valence-electron chi connectivity index (χ3n) is 12.7. The molecular formula is C60H111N2O6P. The van der Waals surface area contributed by atoms with E-state index in [1.54, 1.807) is 0 Å². The molecule has 0 aromatic heterocycles. The molecule has 2 N–H and O–H groups in total. The average molecular weight is 988 g/mol. The van der Waals surface area contributed by atoms with Gasteiger partial charge in [-0.1, -0.05) is 254 Å². The van der Waals surface area contributed by atoms with E-state index in [4.69, 9.17) is 9.05 Å². The summed E-state index contributed by atoms with van der Waals surface area (Å²) in [7, 11) is 1.30. The van der Waals surface area contributed by atoms with E-state index in [1.165, 1.54) is 148 Å². The molecule has 3 unspecified atom stereocenters. The molecule has 0 bridgehead atoms. The van der Waals surface area contributed by atoms with Crippen molar-refractivity contribution < 1.29 is 32.9 Å².